The van der Waals surface area contributed by atoms with Gasteiger partial charge in [0.1, 0.15) is 31.0 Å². The van der Waals surface area contributed by atoms with E-state index < -0.39 is 50.5 Å². The van der Waals surface area contributed by atoms with Crippen molar-refractivity contribution in [1.29, 1.82) is 0 Å². The molecule has 2 aliphatic rings. The van der Waals surface area contributed by atoms with Gasteiger partial charge in [-0.2, -0.15) is 4.98 Å². The number of imidazole rings is 1. The summed E-state index contributed by atoms with van der Waals surface area (Å²) in [6, 6.07) is 8.50. The van der Waals surface area contributed by atoms with E-state index in [-0.39, 0.29) is 29.8 Å². The topological polar surface area (TPSA) is 167 Å². The van der Waals surface area contributed by atoms with Gasteiger partial charge in [-0.05, 0) is 63.5 Å². The molecule has 13 nitrogen and oxygen atoms in total. The Morgan fingerprint density at radius 3 is 2.74 bits per heavy atom. The van der Waals surface area contributed by atoms with E-state index in [1.807, 2.05) is 31.8 Å². The number of nitrogens with one attached hydrogen (secondary N) is 2. The van der Waals surface area contributed by atoms with Gasteiger partial charge in [0.2, 0.25) is 5.95 Å². The molecule has 1 aliphatic heterocycles. The summed E-state index contributed by atoms with van der Waals surface area (Å²) < 4.78 is 24.8. The molecule has 5 rings (SSSR count). The first-order valence-electron chi connectivity index (χ1n) is 14.4. The van der Waals surface area contributed by atoms with Crippen molar-refractivity contribution in [3.05, 3.63) is 64.7 Å². The number of amides is 1. The zero-order chi connectivity index (χ0) is 30.6. The van der Waals surface area contributed by atoms with Crippen LogP contribution in [0.3, 0.4) is 0 Å². The van der Waals surface area contributed by atoms with E-state index in [1.54, 1.807) is 30.3 Å². The van der Waals surface area contributed by atoms with Crippen molar-refractivity contribution < 1.29 is 33.3 Å². The van der Waals surface area contributed by atoms with Crippen molar-refractivity contribution in [1.82, 2.24) is 19.5 Å². The van der Waals surface area contributed by atoms with Crippen LogP contribution in [0.1, 0.15) is 48.7 Å². The third kappa shape index (κ3) is 7.57. The lowest BCUT2D eigenvalue weighted by Gasteiger charge is -2.29. The number of aliphatic hydroxyl groups is 1. The number of rotatable bonds is 8. The van der Waals surface area contributed by atoms with Gasteiger partial charge in [-0.3, -0.25) is 24.5 Å². The van der Waals surface area contributed by atoms with Crippen LogP contribution in [0.25, 0.3) is 11.2 Å². The molecular weight excluding hydrogens is 574 g/mol. The molecule has 3 aromatic rings. The molecule has 2 aromatic heterocycles. The van der Waals surface area contributed by atoms with Crippen LogP contribution in [0, 0.1) is 0 Å². The average Bonchev–Trinajstić information content (AvgIpc) is 3.49. The maximum Gasteiger partial charge on any atom is 0.508 e. The smallest absolute Gasteiger partial charge is 0.431 e. The molecule has 1 aromatic carbocycles. The minimum atomic E-state index is -2.24. The van der Waals surface area contributed by atoms with Crippen LogP contribution in [-0.2, 0) is 18.6 Å². The van der Waals surface area contributed by atoms with Crippen molar-refractivity contribution in [3.63, 3.8) is 0 Å². The number of ether oxygens (including phenoxy) is 3. The SMILES string of the molecule is C[Si](C)(C)OC1[C@H](n2cnc3c(=O)[nH]c(NC(=O)c4ccccc4)nc32)O[C@H](COC(=O)OC2/C=C/CCCCC2)[C@H]1O. The quantitative estimate of drug-likeness (QED) is 0.193. The predicted molar refractivity (Wildman–Crippen MR) is 159 cm³/mol. The Hall–Kier alpha value is -3.85. The van der Waals surface area contributed by atoms with Gasteiger partial charge in [0, 0.05) is 5.56 Å². The van der Waals surface area contributed by atoms with Gasteiger partial charge in [-0.1, -0.05) is 30.7 Å². The van der Waals surface area contributed by atoms with Crippen LogP contribution in [0.15, 0.2) is 53.6 Å². The van der Waals surface area contributed by atoms with Crippen LogP contribution >= 0.6 is 0 Å². The molecule has 0 spiro atoms. The number of aliphatic hydroxyl groups excluding tert-OH is 1. The first kappa shape index (κ1) is 30.6. The van der Waals surface area contributed by atoms with E-state index in [4.69, 9.17) is 18.6 Å². The van der Waals surface area contributed by atoms with Gasteiger partial charge in [-0.15, -0.1) is 0 Å². The first-order chi connectivity index (χ1) is 20.6. The fourth-order valence-corrected chi connectivity index (χ4v) is 6.16. The molecule has 1 fully saturated rings. The van der Waals surface area contributed by atoms with E-state index in [1.165, 1.54) is 10.9 Å². The number of carbonyl (C=O) groups is 2. The number of fused-ring (bicyclic) bond motifs is 1. The lowest BCUT2D eigenvalue weighted by atomic mass is 10.0. The zero-order valence-corrected chi connectivity index (χ0v) is 25.4. The number of hydrogen-bond donors (Lipinski definition) is 3. The summed E-state index contributed by atoms with van der Waals surface area (Å²) in [6.45, 7) is 5.61. The molecule has 14 heteroatoms. The molecular formula is C29H37N5O8Si. The van der Waals surface area contributed by atoms with E-state index in [9.17, 15) is 19.5 Å². The summed E-state index contributed by atoms with van der Waals surface area (Å²) in [4.78, 5) is 49.2. The molecule has 0 saturated carbocycles. The normalized spacial score (nSPS) is 25.1. The largest absolute Gasteiger partial charge is 0.508 e. The maximum absolute atomic E-state index is 12.9. The lowest BCUT2D eigenvalue weighted by Crippen LogP contribution is -2.42. The highest BCUT2D eigenvalue weighted by Gasteiger charge is 2.48. The lowest BCUT2D eigenvalue weighted by molar-refractivity contribution is -0.0626. The van der Waals surface area contributed by atoms with Crippen molar-refractivity contribution in [3.8, 4) is 0 Å². The van der Waals surface area contributed by atoms with Gasteiger partial charge in [0.25, 0.3) is 11.5 Å². The number of benzene rings is 1. The summed E-state index contributed by atoms with van der Waals surface area (Å²) in [5, 5.41) is 13.9. The van der Waals surface area contributed by atoms with E-state index in [2.05, 4.69) is 20.3 Å². The van der Waals surface area contributed by atoms with Crippen molar-refractivity contribution in [2.75, 3.05) is 11.9 Å². The number of H-pyrrole nitrogens is 1. The third-order valence-corrected chi connectivity index (χ3v) is 8.08. The highest BCUT2D eigenvalue weighted by atomic mass is 28.4. The third-order valence-electron chi connectivity index (χ3n) is 7.10. The van der Waals surface area contributed by atoms with Crippen molar-refractivity contribution in [2.24, 2.45) is 0 Å². The minimum Gasteiger partial charge on any atom is -0.431 e. The van der Waals surface area contributed by atoms with Crippen LogP contribution in [-0.4, -0.2) is 76.0 Å². The Labute approximate surface area is 249 Å². The monoisotopic (exact) mass is 611 g/mol. The van der Waals surface area contributed by atoms with Crippen LogP contribution in [0.5, 0.6) is 0 Å². The second kappa shape index (κ2) is 13.2. The molecule has 2 unspecified atom stereocenters. The summed E-state index contributed by atoms with van der Waals surface area (Å²) in [6.07, 6.45) is 4.88. The van der Waals surface area contributed by atoms with Gasteiger partial charge in [0.05, 0.1) is 6.33 Å². The van der Waals surface area contributed by atoms with E-state index >= 15 is 0 Å². The number of aromatic amines is 1. The standard InChI is InChI=1S/C29H37N5O8Si/c1-43(2,3)42-23-22(35)20(16-39-29(38)40-19-14-10-5-4-6-11-15-19)41-27(23)34-17-30-21-24(34)31-28(33-26(21)37)32-25(36)18-12-8-7-9-13-18/h7-10,12-14,17,19-20,22-23,27,35H,4-6,11,15-16H2,1-3H3,(H2,31,32,33,36,37)/b14-10+/t19?,20-,22-,23?,27-/m1/s1. The second-order valence-electron chi connectivity index (χ2n) is 11.6. The molecule has 3 heterocycles. The van der Waals surface area contributed by atoms with Crippen LogP contribution in [0.2, 0.25) is 19.6 Å². The van der Waals surface area contributed by atoms with Gasteiger partial charge in [-0.25, -0.2) is 9.78 Å². The number of aromatic nitrogens is 4. The fraction of sp³-hybridized carbons (Fsp3) is 0.483. The first-order valence-corrected chi connectivity index (χ1v) is 17.8. The van der Waals surface area contributed by atoms with E-state index in [0.717, 1.165) is 32.1 Å². The molecule has 1 amide bonds. The summed E-state index contributed by atoms with van der Waals surface area (Å²) in [5.74, 6) is -0.541. The Morgan fingerprint density at radius 2 is 1.98 bits per heavy atom. The molecule has 43 heavy (non-hydrogen) atoms. The Bertz CT molecular complexity index is 1520. The molecule has 1 saturated heterocycles. The maximum atomic E-state index is 12.9. The number of nitrogens with zero attached hydrogens (tertiary/aromatic N) is 3. The summed E-state index contributed by atoms with van der Waals surface area (Å²) >= 11 is 0. The minimum absolute atomic E-state index is 0.0121. The number of carbonyl (C=O) groups excluding carboxylic acids is 2. The van der Waals surface area contributed by atoms with Crippen LogP contribution in [0.4, 0.5) is 10.7 Å². The second-order valence-corrected chi connectivity index (χ2v) is 16.1. The summed E-state index contributed by atoms with van der Waals surface area (Å²) in [5.41, 5.74) is -0.0561. The van der Waals surface area contributed by atoms with Crippen LogP contribution < -0.4 is 10.9 Å². The molecule has 230 valence electrons. The highest BCUT2D eigenvalue weighted by molar-refractivity contribution is 6.69. The number of hydrogen-bond acceptors (Lipinski definition) is 10. The Kier molecular flexibility index (Phi) is 9.39. The fourth-order valence-electron chi connectivity index (χ4n) is 5.09. The molecule has 0 radical (unpaired) electrons. The predicted octanol–water partition coefficient (Wildman–Crippen LogP) is 3.89. The number of anilines is 1. The average molecular weight is 612 g/mol. The Morgan fingerprint density at radius 1 is 1.19 bits per heavy atom. The van der Waals surface area contributed by atoms with Crippen molar-refractivity contribution >= 4 is 37.5 Å². The molecule has 5 atom stereocenters. The highest BCUT2D eigenvalue weighted by Crippen LogP contribution is 2.35. The molecule has 1 aliphatic carbocycles. The van der Waals surface area contributed by atoms with Crippen molar-refractivity contribution in [2.45, 2.75) is 82.4 Å². The molecule has 0 bridgehead atoms. The zero-order valence-electron chi connectivity index (χ0n) is 24.4. The van der Waals surface area contributed by atoms with Gasteiger partial charge in [0.15, 0.2) is 25.7 Å². The van der Waals surface area contributed by atoms with Gasteiger partial charge < -0.3 is 23.7 Å². The number of allylic oxidation sites excluding steroid dienone is 1. The van der Waals surface area contributed by atoms with E-state index in [0.29, 0.717) is 5.56 Å². The molecule has 3 N–H and O–H groups in total. The Balaban J connectivity index is 1.35. The van der Waals surface area contributed by atoms with Gasteiger partial charge >= 0.3 is 6.16 Å². The summed E-state index contributed by atoms with van der Waals surface area (Å²) in [7, 11) is -2.24.